The summed E-state index contributed by atoms with van der Waals surface area (Å²) in [6.45, 7) is -1.46. The van der Waals surface area contributed by atoms with Gasteiger partial charge in [0.1, 0.15) is 0 Å². The van der Waals surface area contributed by atoms with Gasteiger partial charge in [0.05, 0.1) is 7.11 Å². The summed E-state index contributed by atoms with van der Waals surface area (Å²) in [5.74, 6) is -0.0440. The van der Waals surface area contributed by atoms with Crippen LogP contribution in [0, 0.1) is 0 Å². The summed E-state index contributed by atoms with van der Waals surface area (Å²) >= 11 is 0. The number of methoxy groups -OCH3 is 1. The highest BCUT2D eigenvalue weighted by Crippen LogP contribution is 2.30. The Bertz CT molecular complexity index is 473. The summed E-state index contributed by atoms with van der Waals surface area (Å²) in [6, 6.07) is 4.26. The van der Waals surface area contributed by atoms with Crippen LogP contribution in [0.2, 0.25) is 0 Å². The Morgan fingerprint density at radius 3 is 2.50 bits per heavy atom. The normalized spacial score (nSPS) is 15.3. The van der Waals surface area contributed by atoms with Crippen LogP contribution < -0.4 is 9.47 Å². The third-order valence-corrected chi connectivity index (χ3v) is 3.27. The summed E-state index contributed by atoms with van der Waals surface area (Å²) in [4.78, 5) is 14.1. The fourth-order valence-electron chi connectivity index (χ4n) is 2.27. The van der Waals surface area contributed by atoms with Crippen LogP contribution >= 0.6 is 0 Å². The molecular weight excluding hydrogens is 268 g/mol. The van der Waals surface area contributed by atoms with E-state index in [0.29, 0.717) is 5.56 Å². The Balaban J connectivity index is 2.17. The van der Waals surface area contributed by atoms with Gasteiger partial charge in [0.15, 0.2) is 11.5 Å². The molecular formula is C14H17F2NO3. The smallest absolute Gasteiger partial charge is 0.387 e. The maximum atomic E-state index is 12.3. The molecule has 0 saturated carbocycles. The molecule has 1 fully saturated rings. The van der Waals surface area contributed by atoms with Crippen LogP contribution in [0.15, 0.2) is 18.2 Å². The largest absolute Gasteiger partial charge is 0.493 e. The van der Waals surface area contributed by atoms with Crippen molar-refractivity contribution in [3.63, 3.8) is 0 Å². The number of hydrogen-bond donors (Lipinski definition) is 0. The molecule has 110 valence electrons. The minimum atomic E-state index is -2.92. The van der Waals surface area contributed by atoms with Crippen LogP contribution in [0.3, 0.4) is 0 Å². The molecule has 0 unspecified atom stereocenters. The van der Waals surface area contributed by atoms with E-state index in [9.17, 15) is 13.6 Å². The molecule has 6 heteroatoms. The van der Waals surface area contributed by atoms with Crippen molar-refractivity contribution in [1.29, 1.82) is 0 Å². The van der Waals surface area contributed by atoms with Gasteiger partial charge >= 0.3 is 6.61 Å². The van der Waals surface area contributed by atoms with Crippen LogP contribution in [-0.2, 0) is 0 Å². The summed E-state index contributed by atoms with van der Waals surface area (Å²) in [7, 11) is 1.35. The average Bonchev–Trinajstić information content (AvgIpc) is 2.47. The monoisotopic (exact) mass is 285 g/mol. The lowest BCUT2D eigenvalue weighted by atomic mass is 10.1. The topological polar surface area (TPSA) is 38.8 Å². The van der Waals surface area contributed by atoms with Gasteiger partial charge in [-0.05, 0) is 37.5 Å². The van der Waals surface area contributed by atoms with Gasteiger partial charge in [-0.2, -0.15) is 8.78 Å². The first-order valence-electron chi connectivity index (χ1n) is 6.54. The Hall–Kier alpha value is -1.85. The van der Waals surface area contributed by atoms with Gasteiger partial charge in [-0.3, -0.25) is 4.79 Å². The fraction of sp³-hybridized carbons (Fsp3) is 0.500. The molecule has 0 aliphatic carbocycles. The zero-order valence-corrected chi connectivity index (χ0v) is 11.3. The highest BCUT2D eigenvalue weighted by molar-refractivity contribution is 5.95. The third kappa shape index (κ3) is 3.37. The van der Waals surface area contributed by atoms with Crippen LogP contribution in [-0.4, -0.2) is 37.6 Å². The first-order valence-corrected chi connectivity index (χ1v) is 6.54. The van der Waals surface area contributed by atoms with Crippen molar-refractivity contribution in [2.75, 3.05) is 20.2 Å². The zero-order valence-electron chi connectivity index (χ0n) is 11.3. The van der Waals surface area contributed by atoms with Crippen LogP contribution in [0.4, 0.5) is 8.78 Å². The molecule has 1 saturated heterocycles. The molecule has 1 aromatic rings. The highest BCUT2D eigenvalue weighted by Gasteiger charge is 2.20. The number of piperidine rings is 1. The molecule has 0 N–H and O–H groups in total. The summed E-state index contributed by atoms with van der Waals surface area (Å²) < 4.78 is 33.8. The molecule has 0 atom stereocenters. The fourth-order valence-corrected chi connectivity index (χ4v) is 2.27. The number of amides is 1. The van der Waals surface area contributed by atoms with Crippen molar-refractivity contribution in [3.8, 4) is 11.5 Å². The van der Waals surface area contributed by atoms with Crippen LogP contribution in [0.25, 0.3) is 0 Å². The molecule has 0 aromatic heterocycles. The lowest BCUT2D eigenvalue weighted by molar-refractivity contribution is -0.0512. The van der Waals surface area contributed by atoms with Crippen LogP contribution in [0.5, 0.6) is 11.5 Å². The van der Waals surface area contributed by atoms with E-state index in [1.54, 1.807) is 4.90 Å². The van der Waals surface area contributed by atoms with E-state index in [0.717, 1.165) is 32.4 Å². The van der Waals surface area contributed by atoms with E-state index in [2.05, 4.69) is 4.74 Å². The quantitative estimate of drug-likeness (QED) is 0.853. The summed E-state index contributed by atoms with van der Waals surface area (Å²) in [5.41, 5.74) is 0.422. The predicted molar refractivity (Wildman–Crippen MR) is 69.4 cm³/mol. The van der Waals surface area contributed by atoms with Gasteiger partial charge in [-0.1, -0.05) is 0 Å². The van der Waals surface area contributed by atoms with Crippen LogP contribution in [0.1, 0.15) is 29.6 Å². The van der Waals surface area contributed by atoms with Gasteiger partial charge in [0.2, 0.25) is 0 Å². The maximum Gasteiger partial charge on any atom is 0.387 e. The van der Waals surface area contributed by atoms with Gasteiger partial charge in [0, 0.05) is 18.7 Å². The standard InChI is InChI=1S/C14H17F2NO3/c1-19-12-9-10(5-6-11(12)20-14(15)16)13(18)17-7-3-2-4-8-17/h5-6,9,14H,2-4,7-8H2,1H3. The second-order valence-electron chi connectivity index (χ2n) is 4.60. The molecule has 1 aliphatic rings. The van der Waals surface area contributed by atoms with E-state index >= 15 is 0 Å². The summed E-state index contributed by atoms with van der Waals surface area (Å²) in [5, 5.41) is 0. The van der Waals surface area contributed by atoms with E-state index in [-0.39, 0.29) is 17.4 Å². The number of rotatable bonds is 4. The van der Waals surface area contributed by atoms with E-state index in [1.165, 1.54) is 25.3 Å². The van der Waals surface area contributed by atoms with E-state index in [1.807, 2.05) is 0 Å². The molecule has 1 aromatic carbocycles. The van der Waals surface area contributed by atoms with Crippen molar-refractivity contribution >= 4 is 5.91 Å². The van der Waals surface area contributed by atoms with Gasteiger partial charge in [0.25, 0.3) is 5.91 Å². The molecule has 0 bridgehead atoms. The van der Waals surface area contributed by atoms with Crippen molar-refractivity contribution < 1.29 is 23.0 Å². The first-order chi connectivity index (χ1) is 9.61. The molecule has 20 heavy (non-hydrogen) atoms. The number of ether oxygens (including phenoxy) is 2. The molecule has 1 aliphatic heterocycles. The molecule has 2 rings (SSSR count). The number of nitrogens with zero attached hydrogens (tertiary/aromatic N) is 1. The number of benzene rings is 1. The third-order valence-electron chi connectivity index (χ3n) is 3.27. The lowest BCUT2D eigenvalue weighted by Crippen LogP contribution is -2.35. The second-order valence-corrected chi connectivity index (χ2v) is 4.60. The number of alkyl halides is 2. The Kier molecular flexibility index (Phi) is 4.76. The Labute approximate surface area is 116 Å². The van der Waals surface area contributed by atoms with Crippen molar-refractivity contribution in [1.82, 2.24) is 4.90 Å². The minimum Gasteiger partial charge on any atom is -0.493 e. The number of carbonyl (C=O) groups excluding carboxylic acids is 1. The molecule has 1 amide bonds. The lowest BCUT2D eigenvalue weighted by Gasteiger charge is -2.27. The number of carbonyl (C=O) groups is 1. The Morgan fingerprint density at radius 1 is 1.20 bits per heavy atom. The minimum absolute atomic E-state index is 0.0716. The second kappa shape index (κ2) is 6.54. The molecule has 0 radical (unpaired) electrons. The summed E-state index contributed by atoms with van der Waals surface area (Å²) in [6.07, 6.45) is 3.12. The van der Waals surface area contributed by atoms with E-state index in [4.69, 9.17) is 4.74 Å². The van der Waals surface area contributed by atoms with Crippen molar-refractivity contribution in [3.05, 3.63) is 23.8 Å². The maximum absolute atomic E-state index is 12.3. The molecule has 0 spiro atoms. The molecule has 4 nitrogen and oxygen atoms in total. The van der Waals surface area contributed by atoms with Gasteiger partial charge in [-0.25, -0.2) is 0 Å². The van der Waals surface area contributed by atoms with Gasteiger partial charge < -0.3 is 14.4 Å². The average molecular weight is 285 g/mol. The number of likely N-dealkylation sites (tertiary alicyclic amines) is 1. The number of halogens is 2. The van der Waals surface area contributed by atoms with Gasteiger partial charge in [-0.15, -0.1) is 0 Å². The van der Waals surface area contributed by atoms with Crippen molar-refractivity contribution in [2.24, 2.45) is 0 Å². The SMILES string of the molecule is COc1cc(C(=O)N2CCCCC2)ccc1OC(F)F. The molecule has 1 heterocycles. The first kappa shape index (κ1) is 14.6. The highest BCUT2D eigenvalue weighted by atomic mass is 19.3. The predicted octanol–water partition coefficient (Wildman–Crippen LogP) is 2.92. The Morgan fingerprint density at radius 2 is 1.90 bits per heavy atom. The van der Waals surface area contributed by atoms with E-state index < -0.39 is 6.61 Å². The number of hydrogen-bond acceptors (Lipinski definition) is 3. The zero-order chi connectivity index (χ0) is 14.5. The van der Waals surface area contributed by atoms with Crippen molar-refractivity contribution in [2.45, 2.75) is 25.9 Å².